The van der Waals surface area contributed by atoms with Crippen LogP contribution in [0.4, 0.5) is 22.0 Å². The summed E-state index contributed by atoms with van der Waals surface area (Å²) in [7, 11) is 0. The van der Waals surface area contributed by atoms with E-state index in [1.165, 1.54) is 13.8 Å². The van der Waals surface area contributed by atoms with Crippen molar-refractivity contribution in [3.05, 3.63) is 69.5 Å². The molecule has 0 radical (unpaired) electrons. The van der Waals surface area contributed by atoms with Crippen LogP contribution in [0, 0.1) is 42.9 Å². The van der Waals surface area contributed by atoms with Crippen molar-refractivity contribution in [2.45, 2.75) is 13.8 Å². The van der Waals surface area contributed by atoms with E-state index in [4.69, 9.17) is 11.6 Å². The van der Waals surface area contributed by atoms with E-state index in [0.29, 0.717) is 12.1 Å². The van der Waals surface area contributed by atoms with Crippen molar-refractivity contribution in [1.82, 2.24) is 0 Å². The molecule has 0 spiro atoms. The van der Waals surface area contributed by atoms with Gasteiger partial charge in [0.05, 0.1) is 0 Å². The maximum Gasteiger partial charge on any atom is 0.131 e. The Kier molecular flexibility index (Phi) is 5.51. The molecule has 2 rings (SSSR count). The zero-order valence-electron chi connectivity index (χ0n) is 10.6. The van der Waals surface area contributed by atoms with Gasteiger partial charge in [0, 0.05) is 34.3 Å². The molecule has 0 aliphatic carbocycles. The van der Waals surface area contributed by atoms with Gasteiger partial charge in [0.1, 0.15) is 29.1 Å². The van der Waals surface area contributed by atoms with Crippen LogP contribution >= 0.6 is 11.6 Å². The molecule has 0 nitrogen and oxygen atoms in total. The zero-order chi connectivity index (χ0) is 15.4. The highest BCUT2D eigenvalue weighted by Crippen LogP contribution is 2.19. The van der Waals surface area contributed by atoms with Crippen molar-refractivity contribution in [1.29, 1.82) is 0 Å². The van der Waals surface area contributed by atoms with Crippen LogP contribution in [0.5, 0.6) is 0 Å². The maximum atomic E-state index is 12.5. The quantitative estimate of drug-likeness (QED) is 0.576. The lowest BCUT2D eigenvalue weighted by Gasteiger charge is -1.97. The van der Waals surface area contributed by atoms with Crippen molar-refractivity contribution >= 4 is 11.6 Å². The summed E-state index contributed by atoms with van der Waals surface area (Å²) in [6, 6.07) is 3.19. The van der Waals surface area contributed by atoms with Crippen molar-refractivity contribution in [3.63, 3.8) is 0 Å². The van der Waals surface area contributed by atoms with E-state index in [1.807, 2.05) is 0 Å². The summed E-state index contributed by atoms with van der Waals surface area (Å²) in [5.74, 6) is -3.84. The Morgan fingerprint density at radius 3 is 1.40 bits per heavy atom. The molecule has 0 aliphatic rings. The lowest BCUT2D eigenvalue weighted by atomic mass is 10.2. The molecule has 0 unspecified atom stereocenters. The number of benzene rings is 2. The molecule has 6 heteroatoms. The van der Waals surface area contributed by atoms with E-state index >= 15 is 0 Å². The molecule has 0 N–H and O–H groups in total. The van der Waals surface area contributed by atoms with Crippen molar-refractivity contribution in [2.75, 3.05) is 0 Å². The average molecular weight is 309 g/mol. The number of hydrogen-bond acceptors (Lipinski definition) is 0. The smallest absolute Gasteiger partial charge is 0.131 e. The predicted molar refractivity (Wildman–Crippen MR) is 67.2 cm³/mol. The van der Waals surface area contributed by atoms with Crippen molar-refractivity contribution in [2.24, 2.45) is 0 Å². The van der Waals surface area contributed by atoms with Crippen LogP contribution in [0.3, 0.4) is 0 Å². The monoisotopic (exact) mass is 308 g/mol. The molecule has 2 aromatic rings. The van der Waals surface area contributed by atoms with E-state index in [-0.39, 0.29) is 16.1 Å². The van der Waals surface area contributed by atoms with Crippen LogP contribution in [0.1, 0.15) is 11.1 Å². The fourth-order valence-corrected chi connectivity index (χ4v) is 1.42. The minimum Gasteiger partial charge on any atom is -0.207 e. The van der Waals surface area contributed by atoms with Gasteiger partial charge in [0.15, 0.2) is 0 Å². The summed E-state index contributed by atoms with van der Waals surface area (Å²) in [5.41, 5.74) is 0.129. The Hall–Kier alpha value is -1.62. The van der Waals surface area contributed by atoms with Gasteiger partial charge in [-0.1, -0.05) is 11.6 Å². The van der Waals surface area contributed by atoms with E-state index in [9.17, 15) is 22.0 Å². The molecule has 108 valence electrons. The summed E-state index contributed by atoms with van der Waals surface area (Å²) < 4.78 is 61.6. The zero-order valence-corrected chi connectivity index (χ0v) is 11.3. The molecule has 0 amide bonds. The van der Waals surface area contributed by atoms with E-state index in [2.05, 4.69) is 0 Å². The molecule has 0 atom stereocenters. The summed E-state index contributed by atoms with van der Waals surface area (Å²) >= 11 is 5.44. The molecule has 0 heterocycles. The minimum atomic E-state index is -0.888. The maximum absolute atomic E-state index is 12.5. The number of halogens is 6. The van der Waals surface area contributed by atoms with Gasteiger partial charge in [0.25, 0.3) is 0 Å². The Bertz CT molecular complexity index is 523. The summed E-state index contributed by atoms with van der Waals surface area (Å²) in [6.45, 7) is 2.75. The van der Waals surface area contributed by atoms with Crippen LogP contribution < -0.4 is 0 Å². The SMILES string of the molecule is Cc1c(F)cc(F)cc1Cl.Cc1c(F)cc(F)cc1F. The number of rotatable bonds is 0. The van der Waals surface area contributed by atoms with Crippen LogP contribution in [0.25, 0.3) is 0 Å². The summed E-state index contributed by atoms with van der Waals surface area (Å²) in [6.07, 6.45) is 0. The first-order valence-corrected chi connectivity index (χ1v) is 5.82. The normalized spacial score (nSPS) is 10.0. The first-order valence-electron chi connectivity index (χ1n) is 5.44. The summed E-state index contributed by atoms with van der Waals surface area (Å²) in [4.78, 5) is 0. The van der Waals surface area contributed by atoms with Crippen LogP contribution in [-0.2, 0) is 0 Å². The van der Waals surface area contributed by atoms with E-state index < -0.39 is 29.1 Å². The van der Waals surface area contributed by atoms with Crippen molar-refractivity contribution < 1.29 is 22.0 Å². The standard InChI is InChI=1S/C7H5ClF2.C7H5F3/c1-4-6(8)2-5(9)3-7(4)10;1-4-6(9)2-5(8)3-7(4)10/h2*2-3H,1H3. The Balaban J connectivity index is 0.000000200. The van der Waals surface area contributed by atoms with E-state index in [1.54, 1.807) is 0 Å². The van der Waals surface area contributed by atoms with Crippen LogP contribution in [-0.4, -0.2) is 0 Å². The second kappa shape index (κ2) is 6.70. The molecule has 20 heavy (non-hydrogen) atoms. The molecular formula is C14H10ClF5. The van der Waals surface area contributed by atoms with Crippen LogP contribution in [0.15, 0.2) is 24.3 Å². The Morgan fingerprint density at radius 1 is 0.650 bits per heavy atom. The highest BCUT2D eigenvalue weighted by Gasteiger charge is 2.05. The minimum absolute atomic E-state index is 0.123. The van der Waals surface area contributed by atoms with Gasteiger partial charge in [-0.15, -0.1) is 0 Å². The third-order valence-corrected chi connectivity index (χ3v) is 2.88. The fraction of sp³-hybridized carbons (Fsp3) is 0.143. The highest BCUT2D eigenvalue weighted by atomic mass is 35.5. The van der Waals surface area contributed by atoms with Crippen LogP contribution in [0.2, 0.25) is 5.02 Å². The molecule has 2 aromatic carbocycles. The van der Waals surface area contributed by atoms with Crippen molar-refractivity contribution in [3.8, 4) is 0 Å². The Labute approximate surface area is 117 Å². The molecule has 0 aromatic heterocycles. The lowest BCUT2D eigenvalue weighted by Crippen LogP contribution is -1.89. The van der Waals surface area contributed by atoms with Gasteiger partial charge < -0.3 is 0 Å². The second-order valence-electron chi connectivity index (χ2n) is 3.99. The molecule has 0 saturated carbocycles. The first kappa shape index (κ1) is 16.4. The van der Waals surface area contributed by atoms with Gasteiger partial charge in [-0.3, -0.25) is 0 Å². The third kappa shape index (κ3) is 4.20. The molecule has 0 saturated heterocycles. The molecule has 0 bridgehead atoms. The topological polar surface area (TPSA) is 0 Å². The van der Waals surface area contributed by atoms with Gasteiger partial charge in [-0.25, -0.2) is 22.0 Å². The second-order valence-corrected chi connectivity index (χ2v) is 4.40. The van der Waals surface area contributed by atoms with Gasteiger partial charge >= 0.3 is 0 Å². The first-order chi connectivity index (χ1) is 9.22. The molecule has 0 fully saturated rings. The molecular weight excluding hydrogens is 299 g/mol. The lowest BCUT2D eigenvalue weighted by molar-refractivity contribution is 0.532. The number of hydrogen-bond donors (Lipinski definition) is 0. The average Bonchev–Trinajstić information content (AvgIpc) is 2.33. The van der Waals surface area contributed by atoms with E-state index in [0.717, 1.165) is 12.1 Å². The third-order valence-electron chi connectivity index (χ3n) is 2.49. The highest BCUT2D eigenvalue weighted by molar-refractivity contribution is 6.31. The molecule has 0 aliphatic heterocycles. The largest absolute Gasteiger partial charge is 0.207 e. The van der Waals surface area contributed by atoms with Gasteiger partial charge in [-0.05, 0) is 19.9 Å². The predicted octanol–water partition coefficient (Wildman–Crippen LogP) is 5.34. The Morgan fingerprint density at radius 2 is 1.00 bits per heavy atom. The summed E-state index contributed by atoms with van der Waals surface area (Å²) in [5, 5.41) is 0.123. The fourth-order valence-electron chi connectivity index (χ4n) is 1.23. The van der Waals surface area contributed by atoms with Gasteiger partial charge in [0.2, 0.25) is 0 Å². The van der Waals surface area contributed by atoms with Gasteiger partial charge in [-0.2, -0.15) is 0 Å².